The van der Waals surface area contributed by atoms with Crippen LogP contribution < -0.4 is 5.73 Å². The van der Waals surface area contributed by atoms with Crippen LogP contribution in [0.4, 0.5) is 18.9 Å². The molecule has 0 aliphatic heterocycles. The van der Waals surface area contributed by atoms with Crippen molar-refractivity contribution in [3.63, 3.8) is 0 Å². The highest BCUT2D eigenvalue weighted by Crippen LogP contribution is 2.36. The molecule has 0 aliphatic rings. The van der Waals surface area contributed by atoms with Crippen LogP contribution in [0.25, 0.3) is 0 Å². The molecule has 0 bridgehead atoms. The molecule has 0 saturated heterocycles. The average Bonchev–Trinajstić information content (AvgIpc) is 2.53. The van der Waals surface area contributed by atoms with E-state index in [1.807, 2.05) is 30.5 Å². The van der Waals surface area contributed by atoms with Crippen LogP contribution in [0.1, 0.15) is 11.1 Å². The lowest BCUT2D eigenvalue weighted by Gasteiger charge is -2.10. The molecule has 0 unspecified atom stereocenters. The smallest absolute Gasteiger partial charge is 0.378 e. The lowest BCUT2D eigenvalue weighted by Crippen LogP contribution is -2.09. The van der Waals surface area contributed by atoms with Crippen molar-refractivity contribution in [2.24, 2.45) is 10.7 Å². The standard InChI is InChI=1S/C16H15F3N2S2/c1-22-12-8-6-11(7-9-12)10-23-15(20)21-14-5-3-2-4-13(14)16(17,18)19/h2-9H,10H2,1H3,(H2,20,21). The zero-order chi connectivity index (χ0) is 16.9. The monoisotopic (exact) mass is 356 g/mol. The summed E-state index contributed by atoms with van der Waals surface area (Å²) in [5.74, 6) is 0.554. The molecule has 23 heavy (non-hydrogen) atoms. The molecule has 2 N–H and O–H groups in total. The maximum atomic E-state index is 12.9. The number of hydrogen-bond acceptors (Lipinski definition) is 3. The van der Waals surface area contributed by atoms with E-state index >= 15 is 0 Å². The van der Waals surface area contributed by atoms with E-state index in [1.54, 1.807) is 11.8 Å². The third-order valence-corrected chi connectivity index (χ3v) is 4.59. The predicted octanol–water partition coefficient (Wildman–Crippen LogP) is 5.31. The van der Waals surface area contributed by atoms with Crippen LogP contribution in [0.5, 0.6) is 0 Å². The highest BCUT2D eigenvalue weighted by molar-refractivity contribution is 8.13. The molecule has 2 aromatic carbocycles. The number of para-hydroxylation sites is 1. The van der Waals surface area contributed by atoms with Gasteiger partial charge in [-0.25, -0.2) is 4.99 Å². The van der Waals surface area contributed by atoms with Gasteiger partial charge in [-0.05, 0) is 36.1 Å². The number of nitrogens with zero attached hydrogens (tertiary/aromatic N) is 1. The molecule has 0 aromatic heterocycles. The summed E-state index contributed by atoms with van der Waals surface area (Å²) in [6.45, 7) is 0. The van der Waals surface area contributed by atoms with Crippen LogP contribution in [0.2, 0.25) is 0 Å². The summed E-state index contributed by atoms with van der Waals surface area (Å²) in [6, 6.07) is 13.1. The summed E-state index contributed by atoms with van der Waals surface area (Å²) in [4.78, 5) is 5.06. The molecule has 0 saturated carbocycles. The fourth-order valence-corrected chi connectivity index (χ4v) is 2.92. The third kappa shape index (κ3) is 5.21. The minimum Gasteiger partial charge on any atom is -0.378 e. The maximum Gasteiger partial charge on any atom is 0.418 e. The summed E-state index contributed by atoms with van der Waals surface area (Å²) in [6.07, 6.45) is -2.45. The largest absolute Gasteiger partial charge is 0.418 e. The van der Waals surface area contributed by atoms with Gasteiger partial charge in [-0.1, -0.05) is 36.0 Å². The fraction of sp³-hybridized carbons (Fsp3) is 0.188. The number of halogens is 3. The molecule has 0 atom stereocenters. The summed E-state index contributed by atoms with van der Waals surface area (Å²) in [5, 5.41) is 0.107. The SMILES string of the molecule is CSc1ccc(CSC(N)=Nc2ccccc2C(F)(F)F)cc1. The summed E-state index contributed by atoms with van der Waals surface area (Å²) in [7, 11) is 0. The topological polar surface area (TPSA) is 38.4 Å². The summed E-state index contributed by atoms with van der Waals surface area (Å²) >= 11 is 2.86. The van der Waals surface area contributed by atoms with Gasteiger partial charge in [0.15, 0.2) is 5.17 Å². The Balaban J connectivity index is 2.08. The van der Waals surface area contributed by atoms with Gasteiger partial charge in [0.2, 0.25) is 0 Å². The molecular weight excluding hydrogens is 341 g/mol. The molecule has 2 rings (SSSR count). The Morgan fingerprint density at radius 3 is 2.35 bits per heavy atom. The zero-order valence-corrected chi connectivity index (χ0v) is 13.9. The van der Waals surface area contributed by atoms with Crippen LogP contribution in [-0.4, -0.2) is 11.4 Å². The summed E-state index contributed by atoms with van der Waals surface area (Å²) in [5.41, 5.74) is 5.85. The Bertz CT molecular complexity index is 682. The quantitative estimate of drug-likeness (QED) is 0.458. The van der Waals surface area contributed by atoms with E-state index in [2.05, 4.69) is 4.99 Å². The molecule has 0 radical (unpaired) electrons. The van der Waals surface area contributed by atoms with E-state index < -0.39 is 11.7 Å². The molecular formula is C16H15F3N2S2. The number of rotatable bonds is 4. The summed E-state index contributed by atoms with van der Waals surface area (Å²) < 4.78 is 38.7. The molecule has 2 nitrogen and oxygen atoms in total. The predicted molar refractivity (Wildman–Crippen MR) is 92.2 cm³/mol. The van der Waals surface area contributed by atoms with Gasteiger partial charge in [0.25, 0.3) is 0 Å². The molecule has 122 valence electrons. The van der Waals surface area contributed by atoms with Gasteiger partial charge in [0.1, 0.15) is 0 Å². The molecule has 2 aromatic rings. The van der Waals surface area contributed by atoms with Gasteiger partial charge in [-0.15, -0.1) is 11.8 Å². The zero-order valence-electron chi connectivity index (χ0n) is 12.3. The Hall–Kier alpha value is -1.60. The van der Waals surface area contributed by atoms with Gasteiger partial charge < -0.3 is 5.73 Å². The van der Waals surface area contributed by atoms with E-state index in [0.29, 0.717) is 5.75 Å². The fourth-order valence-electron chi connectivity index (χ4n) is 1.84. The van der Waals surface area contributed by atoms with Crippen molar-refractivity contribution < 1.29 is 13.2 Å². The van der Waals surface area contributed by atoms with Crippen molar-refractivity contribution >= 4 is 34.4 Å². The first-order chi connectivity index (χ1) is 10.9. The number of hydrogen-bond donors (Lipinski definition) is 1. The van der Waals surface area contributed by atoms with Gasteiger partial charge in [0, 0.05) is 10.6 Å². The number of thioether (sulfide) groups is 2. The minimum atomic E-state index is -4.45. The first-order valence-electron chi connectivity index (χ1n) is 6.66. The Labute approximate surface area is 141 Å². The number of benzene rings is 2. The van der Waals surface area contributed by atoms with Crippen molar-refractivity contribution in [1.29, 1.82) is 0 Å². The molecule has 0 amide bonds. The molecule has 7 heteroatoms. The second kappa shape index (κ2) is 7.79. The van der Waals surface area contributed by atoms with Gasteiger partial charge >= 0.3 is 6.18 Å². The van der Waals surface area contributed by atoms with Crippen molar-refractivity contribution in [3.8, 4) is 0 Å². The van der Waals surface area contributed by atoms with E-state index in [1.165, 1.54) is 30.0 Å². The first kappa shape index (κ1) is 17.7. The van der Waals surface area contributed by atoms with Crippen LogP contribution in [0, 0.1) is 0 Å². The highest BCUT2D eigenvalue weighted by atomic mass is 32.2. The molecule has 0 fully saturated rings. The molecule has 0 aliphatic carbocycles. The number of nitrogens with two attached hydrogens (primary N) is 1. The number of alkyl halides is 3. The van der Waals surface area contributed by atoms with Crippen molar-refractivity contribution in [2.75, 3.05) is 6.26 Å². The number of amidine groups is 1. The van der Waals surface area contributed by atoms with Crippen LogP contribution >= 0.6 is 23.5 Å². The minimum absolute atomic E-state index is 0.107. The third-order valence-electron chi connectivity index (χ3n) is 2.99. The molecule has 0 spiro atoms. The lowest BCUT2D eigenvalue weighted by molar-refractivity contribution is -0.137. The highest BCUT2D eigenvalue weighted by Gasteiger charge is 2.33. The van der Waals surface area contributed by atoms with Crippen LogP contribution in [0.3, 0.4) is 0 Å². The van der Waals surface area contributed by atoms with Crippen LogP contribution in [0.15, 0.2) is 58.4 Å². The van der Waals surface area contributed by atoms with E-state index in [-0.39, 0.29) is 10.9 Å². The maximum absolute atomic E-state index is 12.9. The van der Waals surface area contributed by atoms with Gasteiger partial charge in [-0.3, -0.25) is 0 Å². The van der Waals surface area contributed by atoms with Crippen molar-refractivity contribution in [2.45, 2.75) is 16.8 Å². The Morgan fingerprint density at radius 2 is 1.74 bits per heavy atom. The van der Waals surface area contributed by atoms with E-state index in [9.17, 15) is 13.2 Å². The average molecular weight is 356 g/mol. The van der Waals surface area contributed by atoms with Gasteiger partial charge in [0.05, 0.1) is 11.3 Å². The van der Waals surface area contributed by atoms with Gasteiger partial charge in [-0.2, -0.15) is 13.2 Å². The second-order valence-corrected chi connectivity index (χ2v) is 6.48. The van der Waals surface area contributed by atoms with E-state index in [0.717, 1.165) is 16.5 Å². The first-order valence-corrected chi connectivity index (χ1v) is 8.87. The number of aliphatic imine (C=N–C) groups is 1. The van der Waals surface area contributed by atoms with E-state index in [4.69, 9.17) is 5.73 Å². The lowest BCUT2D eigenvalue weighted by atomic mass is 10.2. The molecule has 0 heterocycles. The van der Waals surface area contributed by atoms with Crippen molar-refractivity contribution in [3.05, 3.63) is 59.7 Å². The second-order valence-electron chi connectivity index (χ2n) is 4.60. The van der Waals surface area contributed by atoms with Crippen molar-refractivity contribution in [1.82, 2.24) is 0 Å². The normalized spacial score (nSPS) is 12.4. The Kier molecular flexibility index (Phi) is 6.01. The van der Waals surface area contributed by atoms with Crippen LogP contribution in [-0.2, 0) is 11.9 Å². The Morgan fingerprint density at radius 1 is 1.09 bits per heavy atom.